The molecule has 44 heavy (non-hydrogen) atoms. The summed E-state index contributed by atoms with van der Waals surface area (Å²) in [6, 6.07) is 15.0. The highest BCUT2D eigenvalue weighted by Crippen LogP contribution is 2.48. The Kier molecular flexibility index (Phi) is 10.3. The summed E-state index contributed by atoms with van der Waals surface area (Å²) in [5.41, 5.74) is 10.2. The molecule has 0 aromatic heterocycles. The van der Waals surface area contributed by atoms with Crippen LogP contribution in [0.4, 0.5) is 0 Å². The Morgan fingerprint density at radius 1 is 1.11 bits per heavy atom. The van der Waals surface area contributed by atoms with Gasteiger partial charge in [0.1, 0.15) is 23.0 Å². The number of nitrogens with one attached hydrogen (secondary N) is 2. The number of ether oxygens (including phenoxy) is 1. The fourth-order valence-corrected chi connectivity index (χ4v) is 6.58. The number of hydrogen-bond acceptors (Lipinski definition) is 7. The summed E-state index contributed by atoms with van der Waals surface area (Å²) in [4.78, 5) is 34.4. The van der Waals surface area contributed by atoms with Crippen molar-refractivity contribution >= 4 is 23.4 Å². The summed E-state index contributed by atoms with van der Waals surface area (Å²) < 4.78 is 5.98. The molecule has 2 unspecified atom stereocenters. The molecule has 0 bridgehead atoms. The smallest absolute Gasteiger partial charge is 0.275 e. The van der Waals surface area contributed by atoms with E-state index in [1.807, 2.05) is 41.3 Å². The highest BCUT2D eigenvalue weighted by atomic mass is 16.5. The molecule has 2 amide bonds. The monoisotopic (exact) mass is 603 g/mol. The predicted octanol–water partition coefficient (Wildman–Crippen LogP) is 4.90. The lowest BCUT2D eigenvalue weighted by atomic mass is 9.75. The van der Waals surface area contributed by atoms with Crippen molar-refractivity contribution in [3.05, 3.63) is 65.2 Å². The Balaban J connectivity index is 1.59. The largest absolute Gasteiger partial charge is 0.494 e. The number of carbonyl (C=O) groups excluding carboxylic acids is 2. The summed E-state index contributed by atoms with van der Waals surface area (Å²) in [6.45, 7) is 13.9. The van der Waals surface area contributed by atoms with Gasteiger partial charge in [0.15, 0.2) is 0 Å². The number of amides is 2. The van der Waals surface area contributed by atoms with Crippen molar-refractivity contribution in [3.63, 3.8) is 0 Å². The zero-order valence-electron chi connectivity index (χ0n) is 27.0. The Labute approximate surface area is 261 Å². The zero-order valence-corrected chi connectivity index (χ0v) is 27.0. The third-order valence-corrected chi connectivity index (χ3v) is 8.49. The number of hydrazine groups is 1. The van der Waals surface area contributed by atoms with Crippen molar-refractivity contribution in [1.29, 1.82) is 0 Å². The number of nitrogens with zero attached hydrogens (tertiary/aromatic N) is 3. The topological polar surface area (TPSA) is 147 Å². The van der Waals surface area contributed by atoms with E-state index in [4.69, 9.17) is 21.3 Å². The molecule has 1 saturated carbocycles. The van der Waals surface area contributed by atoms with Gasteiger partial charge in [0.05, 0.1) is 19.2 Å². The molecule has 2 aromatic carbocycles. The molecule has 0 radical (unpaired) electrons. The van der Waals surface area contributed by atoms with Crippen molar-refractivity contribution in [3.8, 4) is 5.75 Å². The molecule has 6 N–H and O–H groups in total. The molecule has 1 aliphatic carbocycles. The van der Waals surface area contributed by atoms with E-state index >= 15 is 0 Å². The first-order valence-corrected chi connectivity index (χ1v) is 15.7. The minimum absolute atomic E-state index is 0.0513. The molecule has 1 fully saturated rings. The van der Waals surface area contributed by atoms with Crippen molar-refractivity contribution < 1.29 is 14.3 Å². The van der Waals surface area contributed by atoms with E-state index in [0.717, 1.165) is 42.6 Å². The molecule has 4 rings (SSSR count). The van der Waals surface area contributed by atoms with E-state index in [1.165, 1.54) is 0 Å². The highest BCUT2D eigenvalue weighted by Gasteiger charge is 2.52. The summed E-state index contributed by atoms with van der Waals surface area (Å²) in [5.74, 6) is 6.63. The second-order valence-electron chi connectivity index (χ2n) is 13.6. The lowest BCUT2D eigenvalue weighted by Gasteiger charge is -2.47. The van der Waals surface area contributed by atoms with Gasteiger partial charge >= 0.3 is 0 Å². The fraction of sp³-hybridized carbons (Fsp3) is 0.529. The summed E-state index contributed by atoms with van der Waals surface area (Å²) >= 11 is 0. The Hall–Kier alpha value is -3.92. The van der Waals surface area contributed by atoms with Crippen molar-refractivity contribution in [2.45, 2.75) is 85.4 Å². The maximum atomic E-state index is 14.4. The van der Waals surface area contributed by atoms with Gasteiger partial charge in [-0.3, -0.25) is 14.6 Å². The molecule has 0 saturated heterocycles. The van der Waals surface area contributed by atoms with Gasteiger partial charge in [0, 0.05) is 11.1 Å². The second kappa shape index (κ2) is 13.8. The maximum Gasteiger partial charge on any atom is 0.275 e. The number of rotatable bonds is 11. The number of benzene rings is 2. The van der Waals surface area contributed by atoms with Crippen LogP contribution in [-0.2, 0) is 4.79 Å². The first-order chi connectivity index (χ1) is 20.9. The normalized spacial score (nSPS) is 23.0. The standard InChI is InChI=1S/C34H49N7O3/c1-7-28(24-8-10-26(11-9-24)31(42)37-21-29(35)39-40-36)41-32(43)30(38-34(41)19-22(2)18-23(3)20-34)25-12-14-27(15-13-25)44-17-16-33(4,5)6/h8-15,22-23,28,40H,7,16-21,36H2,1-6H3,(H2,35,39)(H,37,42)/t22?,23?,28-,34?/m1/s1. The van der Waals surface area contributed by atoms with Crippen LogP contribution in [0.15, 0.2) is 58.6 Å². The third-order valence-electron chi connectivity index (χ3n) is 8.49. The zero-order chi connectivity index (χ0) is 32.1. The average molecular weight is 604 g/mol. The van der Waals surface area contributed by atoms with Crippen LogP contribution >= 0.6 is 0 Å². The third kappa shape index (κ3) is 7.77. The summed E-state index contributed by atoms with van der Waals surface area (Å²) in [5, 5.41) is 6.37. The first kappa shape index (κ1) is 33.0. The number of carbonyl (C=O) groups is 2. The molecular weight excluding hydrogens is 554 g/mol. The SMILES string of the molecule is CC[C@H](c1ccc(C(=O)NC/C(N)=N/NN)cc1)N1C(=O)C(c2ccc(OCCC(C)(C)C)cc2)=NC12CC(C)CC(C)C2. The van der Waals surface area contributed by atoms with Crippen LogP contribution in [0.3, 0.4) is 0 Å². The molecule has 10 nitrogen and oxygen atoms in total. The average Bonchev–Trinajstić information content (AvgIpc) is 3.22. The van der Waals surface area contributed by atoms with Crippen molar-refractivity contribution in [2.75, 3.05) is 13.2 Å². The van der Waals surface area contributed by atoms with Gasteiger partial charge in [0.2, 0.25) is 0 Å². The Bertz CT molecular complexity index is 1350. The molecular formula is C34H49N7O3. The minimum Gasteiger partial charge on any atom is -0.494 e. The lowest BCUT2D eigenvalue weighted by molar-refractivity contribution is -0.134. The van der Waals surface area contributed by atoms with E-state index in [2.05, 4.69) is 57.5 Å². The van der Waals surface area contributed by atoms with E-state index < -0.39 is 5.66 Å². The van der Waals surface area contributed by atoms with Crippen molar-refractivity contribution in [2.24, 2.45) is 38.9 Å². The summed E-state index contributed by atoms with van der Waals surface area (Å²) in [6.07, 6.45) is 4.42. The van der Waals surface area contributed by atoms with Gasteiger partial charge in [-0.15, -0.1) is 0 Å². The molecule has 1 aliphatic heterocycles. The van der Waals surface area contributed by atoms with Crippen LogP contribution in [-0.4, -0.2) is 47.1 Å². The van der Waals surface area contributed by atoms with E-state index in [-0.39, 0.29) is 35.7 Å². The number of hydrogen-bond donors (Lipinski definition) is 4. The maximum absolute atomic E-state index is 14.4. The first-order valence-electron chi connectivity index (χ1n) is 15.7. The van der Waals surface area contributed by atoms with Crippen molar-refractivity contribution in [1.82, 2.24) is 15.8 Å². The van der Waals surface area contributed by atoms with E-state index in [1.54, 1.807) is 12.1 Å². The quantitative estimate of drug-likeness (QED) is 0.124. The van der Waals surface area contributed by atoms with Crippen LogP contribution in [0, 0.1) is 17.3 Å². The van der Waals surface area contributed by atoms with Gasteiger partial charge < -0.3 is 20.7 Å². The number of amidine groups is 1. The van der Waals surface area contributed by atoms with Gasteiger partial charge in [-0.2, -0.15) is 5.10 Å². The number of nitrogens with two attached hydrogens (primary N) is 2. The molecule has 2 aromatic rings. The Morgan fingerprint density at radius 3 is 2.32 bits per heavy atom. The van der Waals surface area contributed by atoms with Crippen LogP contribution in [0.25, 0.3) is 0 Å². The number of aliphatic imine (C=N–C) groups is 1. The predicted molar refractivity (Wildman–Crippen MR) is 175 cm³/mol. The molecule has 1 heterocycles. The van der Waals surface area contributed by atoms with Gasteiger partial charge in [-0.05, 0) is 91.3 Å². The van der Waals surface area contributed by atoms with E-state index in [0.29, 0.717) is 36.1 Å². The highest BCUT2D eigenvalue weighted by molar-refractivity contribution is 6.46. The van der Waals surface area contributed by atoms with Crippen LogP contribution < -0.4 is 27.2 Å². The van der Waals surface area contributed by atoms with Crippen LogP contribution in [0.5, 0.6) is 5.75 Å². The second-order valence-corrected chi connectivity index (χ2v) is 13.6. The lowest BCUT2D eigenvalue weighted by Crippen LogP contribution is -2.52. The molecule has 2 aliphatic rings. The summed E-state index contributed by atoms with van der Waals surface area (Å²) in [7, 11) is 0. The minimum atomic E-state index is -0.615. The molecule has 1 spiro atoms. The van der Waals surface area contributed by atoms with Gasteiger partial charge in [-0.25, -0.2) is 11.4 Å². The van der Waals surface area contributed by atoms with Gasteiger partial charge in [0.25, 0.3) is 11.8 Å². The van der Waals surface area contributed by atoms with E-state index in [9.17, 15) is 9.59 Å². The Morgan fingerprint density at radius 2 is 1.75 bits per heavy atom. The fourth-order valence-electron chi connectivity index (χ4n) is 6.58. The van der Waals surface area contributed by atoms with Crippen LogP contribution in [0.2, 0.25) is 0 Å². The van der Waals surface area contributed by atoms with Crippen LogP contribution in [0.1, 0.15) is 101 Å². The van der Waals surface area contributed by atoms with Gasteiger partial charge in [-0.1, -0.05) is 53.7 Å². The molecule has 10 heteroatoms. The molecule has 3 atom stereocenters. The number of hydrazone groups is 1. The molecule has 238 valence electrons.